The fourth-order valence-electron chi connectivity index (χ4n) is 1.91. The molecule has 1 aromatic heterocycles. The Morgan fingerprint density at radius 2 is 2.18 bits per heavy atom. The number of methoxy groups -OCH3 is 1. The van der Waals surface area contributed by atoms with Gasteiger partial charge in [-0.05, 0) is 30.2 Å². The Balaban J connectivity index is 2.50. The highest BCUT2D eigenvalue weighted by Gasteiger charge is 2.08. The average Bonchev–Trinajstić information content (AvgIpc) is 2.69. The van der Waals surface area contributed by atoms with E-state index in [1.165, 1.54) is 5.56 Å². The van der Waals surface area contributed by atoms with E-state index in [4.69, 9.17) is 10.5 Å². The second-order valence-electron chi connectivity index (χ2n) is 3.94. The van der Waals surface area contributed by atoms with Gasteiger partial charge in [0.1, 0.15) is 5.75 Å². The maximum Gasteiger partial charge on any atom is 0.200 e. The number of aryl methyl sites for hydroxylation is 1. The summed E-state index contributed by atoms with van der Waals surface area (Å²) in [5.41, 5.74) is 9.04. The van der Waals surface area contributed by atoms with Gasteiger partial charge in [-0.1, -0.05) is 6.92 Å². The van der Waals surface area contributed by atoms with Crippen LogP contribution in [0.25, 0.3) is 11.3 Å². The van der Waals surface area contributed by atoms with Crippen molar-refractivity contribution < 1.29 is 4.74 Å². The Morgan fingerprint density at radius 3 is 2.71 bits per heavy atom. The lowest BCUT2D eigenvalue weighted by molar-refractivity contribution is 0.410. The smallest absolute Gasteiger partial charge is 0.200 e. The van der Waals surface area contributed by atoms with Crippen LogP contribution in [0, 0.1) is 0 Å². The van der Waals surface area contributed by atoms with Gasteiger partial charge in [0.25, 0.3) is 0 Å². The lowest BCUT2D eigenvalue weighted by atomic mass is 10.1. The van der Waals surface area contributed by atoms with Crippen LogP contribution in [0.15, 0.2) is 24.4 Å². The molecule has 0 saturated carbocycles. The number of imidazole rings is 1. The van der Waals surface area contributed by atoms with Crippen molar-refractivity contribution in [2.24, 2.45) is 7.05 Å². The summed E-state index contributed by atoms with van der Waals surface area (Å²) < 4.78 is 7.19. The third-order valence-electron chi connectivity index (χ3n) is 2.98. The van der Waals surface area contributed by atoms with E-state index in [9.17, 15) is 0 Å². The van der Waals surface area contributed by atoms with Crippen LogP contribution < -0.4 is 10.5 Å². The van der Waals surface area contributed by atoms with Gasteiger partial charge in [-0.2, -0.15) is 0 Å². The first-order valence-corrected chi connectivity index (χ1v) is 5.61. The molecular weight excluding hydrogens is 214 g/mol. The van der Waals surface area contributed by atoms with Gasteiger partial charge < -0.3 is 15.0 Å². The quantitative estimate of drug-likeness (QED) is 0.881. The van der Waals surface area contributed by atoms with E-state index in [1.54, 1.807) is 13.3 Å². The Kier molecular flexibility index (Phi) is 3.04. The number of hydrogen-bond donors (Lipinski definition) is 1. The fourth-order valence-corrected chi connectivity index (χ4v) is 1.91. The molecule has 0 aliphatic carbocycles. The van der Waals surface area contributed by atoms with Crippen LogP contribution in [0.3, 0.4) is 0 Å². The summed E-state index contributed by atoms with van der Waals surface area (Å²) in [7, 11) is 3.60. The van der Waals surface area contributed by atoms with Gasteiger partial charge >= 0.3 is 0 Å². The molecule has 1 heterocycles. The Morgan fingerprint density at radius 1 is 1.41 bits per heavy atom. The number of nitrogen functional groups attached to an aromatic ring is 1. The monoisotopic (exact) mass is 231 g/mol. The second kappa shape index (κ2) is 4.49. The van der Waals surface area contributed by atoms with Gasteiger partial charge in [-0.15, -0.1) is 0 Å². The van der Waals surface area contributed by atoms with Crippen LogP contribution in [0.4, 0.5) is 5.95 Å². The van der Waals surface area contributed by atoms with Crippen LogP contribution in [0.2, 0.25) is 0 Å². The van der Waals surface area contributed by atoms with E-state index in [1.807, 2.05) is 23.7 Å². The maximum atomic E-state index is 5.73. The number of benzene rings is 1. The normalized spacial score (nSPS) is 10.5. The first-order chi connectivity index (χ1) is 8.17. The summed E-state index contributed by atoms with van der Waals surface area (Å²) in [4.78, 5) is 4.10. The van der Waals surface area contributed by atoms with Crippen LogP contribution >= 0.6 is 0 Å². The molecule has 0 aliphatic rings. The minimum absolute atomic E-state index is 0.522. The summed E-state index contributed by atoms with van der Waals surface area (Å²) in [5.74, 6) is 1.44. The van der Waals surface area contributed by atoms with Crippen LogP contribution in [0.5, 0.6) is 5.75 Å². The number of nitrogens with two attached hydrogens (primary N) is 1. The summed E-state index contributed by atoms with van der Waals surface area (Å²) >= 11 is 0. The summed E-state index contributed by atoms with van der Waals surface area (Å²) in [6.07, 6.45) is 2.72. The first-order valence-electron chi connectivity index (χ1n) is 5.61. The fraction of sp³-hybridized carbons (Fsp3) is 0.308. The third kappa shape index (κ3) is 1.98. The van der Waals surface area contributed by atoms with Crippen molar-refractivity contribution in [1.29, 1.82) is 0 Å². The highest BCUT2D eigenvalue weighted by atomic mass is 16.5. The van der Waals surface area contributed by atoms with Gasteiger partial charge in [0.2, 0.25) is 0 Å². The number of rotatable bonds is 3. The molecule has 4 heteroatoms. The van der Waals surface area contributed by atoms with Crippen molar-refractivity contribution in [1.82, 2.24) is 9.55 Å². The number of aromatic nitrogens is 2. The maximum absolute atomic E-state index is 5.73. The predicted molar refractivity (Wildman–Crippen MR) is 69.0 cm³/mol. The lowest BCUT2D eigenvalue weighted by Crippen LogP contribution is -1.99. The molecule has 90 valence electrons. The molecule has 0 atom stereocenters. The lowest BCUT2D eigenvalue weighted by Gasteiger charge is -2.09. The Hall–Kier alpha value is -1.97. The molecule has 2 N–H and O–H groups in total. The van der Waals surface area contributed by atoms with E-state index in [2.05, 4.69) is 18.0 Å². The summed E-state index contributed by atoms with van der Waals surface area (Å²) in [5, 5.41) is 0. The summed E-state index contributed by atoms with van der Waals surface area (Å²) in [6, 6.07) is 6.13. The molecule has 2 rings (SSSR count). The zero-order chi connectivity index (χ0) is 12.4. The van der Waals surface area contributed by atoms with Crippen molar-refractivity contribution in [3.05, 3.63) is 30.0 Å². The van der Waals surface area contributed by atoms with E-state index >= 15 is 0 Å². The van der Waals surface area contributed by atoms with Gasteiger partial charge in [0.15, 0.2) is 5.95 Å². The molecular formula is C13H17N3O. The van der Waals surface area contributed by atoms with Crippen molar-refractivity contribution in [3.63, 3.8) is 0 Å². The third-order valence-corrected chi connectivity index (χ3v) is 2.98. The standard InChI is InChI=1S/C13H17N3O/c1-4-9-7-10(5-6-12(9)17-3)11-8-15-13(14)16(11)2/h5-8H,4H2,1-3H3,(H2,14,15). The molecule has 1 aromatic carbocycles. The molecule has 0 fully saturated rings. The Labute approximate surface area is 101 Å². The first kappa shape index (κ1) is 11.5. The number of hydrogen-bond acceptors (Lipinski definition) is 3. The second-order valence-corrected chi connectivity index (χ2v) is 3.94. The molecule has 0 unspecified atom stereocenters. The van der Waals surface area contributed by atoms with Crippen LogP contribution in [-0.2, 0) is 13.5 Å². The highest BCUT2D eigenvalue weighted by molar-refractivity contribution is 5.63. The summed E-state index contributed by atoms with van der Waals surface area (Å²) in [6.45, 7) is 2.11. The molecule has 4 nitrogen and oxygen atoms in total. The molecule has 17 heavy (non-hydrogen) atoms. The molecule has 0 aliphatic heterocycles. The van der Waals surface area contributed by atoms with Crippen molar-refractivity contribution in [2.45, 2.75) is 13.3 Å². The minimum atomic E-state index is 0.522. The minimum Gasteiger partial charge on any atom is -0.496 e. The average molecular weight is 231 g/mol. The largest absolute Gasteiger partial charge is 0.496 e. The van der Waals surface area contributed by atoms with Crippen LogP contribution in [-0.4, -0.2) is 16.7 Å². The molecule has 0 spiro atoms. The van der Waals surface area contributed by atoms with Gasteiger partial charge in [0.05, 0.1) is 19.0 Å². The Bertz CT molecular complexity index is 531. The number of nitrogens with zero attached hydrogens (tertiary/aromatic N) is 2. The van der Waals surface area contributed by atoms with Gasteiger partial charge in [-0.25, -0.2) is 4.98 Å². The number of anilines is 1. The zero-order valence-corrected chi connectivity index (χ0v) is 10.4. The topological polar surface area (TPSA) is 53.1 Å². The molecule has 0 amide bonds. The van der Waals surface area contributed by atoms with Crippen molar-refractivity contribution in [3.8, 4) is 17.0 Å². The number of ether oxygens (including phenoxy) is 1. The SMILES string of the molecule is CCc1cc(-c2cnc(N)n2C)ccc1OC. The molecule has 2 aromatic rings. The van der Waals surface area contributed by atoms with E-state index < -0.39 is 0 Å². The molecule has 0 radical (unpaired) electrons. The van der Waals surface area contributed by atoms with Crippen molar-refractivity contribution in [2.75, 3.05) is 12.8 Å². The molecule has 0 bridgehead atoms. The predicted octanol–water partition coefficient (Wildman–Crippen LogP) is 2.24. The van der Waals surface area contributed by atoms with Gasteiger partial charge in [-0.3, -0.25) is 0 Å². The highest BCUT2D eigenvalue weighted by Crippen LogP contribution is 2.27. The molecule has 0 saturated heterocycles. The van der Waals surface area contributed by atoms with Crippen LogP contribution in [0.1, 0.15) is 12.5 Å². The van der Waals surface area contributed by atoms with Crippen molar-refractivity contribution >= 4 is 5.95 Å². The van der Waals surface area contributed by atoms with Gasteiger partial charge in [0, 0.05) is 12.6 Å². The zero-order valence-electron chi connectivity index (χ0n) is 10.4. The van der Waals surface area contributed by atoms with E-state index in [0.717, 1.165) is 23.4 Å². The van der Waals surface area contributed by atoms with E-state index in [0.29, 0.717) is 5.95 Å². The van der Waals surface area contributed by atoms with E-state index in [-0.39, 0.29) is 0 Å².